The van der Waals surface area contributed by atoms with Crippen LogP contribution < -0.4 is 5.32 Å². The molecule has 0 radical (unpaired) electrons. The summed E-state index contributed by atoms with van der Waals surface area (Å²) in [5, 5.41) is 20.7. The fourth-order valence-corrected chi connectivity index (χ4v) is 0.986. The highest BCUT2D eigenvalue weighted by molar-refractivity contribution is 4.64. The van der Waals surface area contributed by atoms with Crippen LogP contribution in [0.25, 0.3) is 0 Å². The molecule has 0 saturated carbocycles. The second-order valence-electron chi connectivity index (χ2n) is 4.15. The molecule has 16 heavy (non-hydrogen) atoms. The van der Waals surface area contributed by atoms with E-state index in [1.807, 2.05) is 13.8 Å². The number of ether oxygens (including phenoxy) is 1. The van der Waals surface area contributed by atoms with E-state index in [0.29, 0.717) is 12.5 Å². The predicted molar refractivity (Wildman–Crippen MR) is 56.5 cm³/mol. The Morgan fingerprint density at radius 2 is 1.75 bits per heavy atom. The molecule has 3 N–H and O–H groups in total. The van der Waals surface area contributed by atoms with Gasteiger partial charge in [-0.15, -0.1) is 0 Å². The van der Waals surface area contributed by atoms with E-state index in [1.54, 1.807) is 0 Å². The molecule has 4 nitrogen and oxygen atoms in total. The molecule has 0 bridgehead atoms. The number of aliphatic hydroxyl groups is 2. The molecule has 2 atom stereocenters. The van der Waals surface area contributed by atoms with Crippen LogP contribution in [0.3, 0.4) is 0 Å². The molecule has 0 aromatic carbocycles. The van der Waals surface area contributed by atoms with E-state index in [0.717, 1.165) is 0 Å². The van der Waals surface area contributed by atoms with Crippen molar-refractivity contribution in [3.05, 3.63) is 0 Å². The van der Waals surface area contributed by atoms with Gasteiger partial charge in [0.25, 0.3) is 6.43 Å². The summed E-state index contributed by atoms with van der Waals surface area (Å²) < 4.78 is 28.9. The van der Waals surface area contributed by atoms with Crippen molar-refractivity contribution in [2.75, 3.05) is 26.3 Å². The molecule has 2 unspecified atom stereocenters. The van der Waals surface area contributed by atoms with Gasteiger partial charge in [-0.05, 0) is 5.92 Å². The highest BCUT2D eigenvalue weighted by atomic mass is 19.3. The van der Waals surface area contributed by atoms with Crippen LogP contribution in [0.4, 0.5) is 8.78 Å². The summed E-state index contributed by atoms with van der Waals surface area (Å²) in [5.74, 6) is 0.390. The van der Waals surface area contributed by atoms with Gasteiger partial charge in [0.15, 0.2) is 0 Å². The van der Waals surface area contributed by atoms with Gasteiger partial charge in [0.05, 0.1) is 12.7 Å². The van der Waals surface area contributed by atoms with Crippen molar-refractivity contribution in [3.63, 3.8) is 0 Å². The standard InChI is InChI=1S/C10H21F2NO3/c1-7(2)5-16-6-8(14)3-13-4-9(15)10(11)12/h7-10,13-15H,3-6H2,1-2H3. The van der Waals surface area contributed by atoms with Crippen LogP contribution in [-0.2, 0) is 4.74 Å². The molecular formula is C10H21F2NO3. The van der Waals surface area contributed by atoms with Crippen LogP contribution >= 0.6 is 0 Å². The number of halogens is 2. The van der Waals surface area contributed by atoms with Gasteiger partial charge in [-0.1, -0.05) is 13.8 Å². The highest BCUT2D eigenvalue weighted by Crippen LogP contribution is 1.98. The van der Waals surface area contributed by atoms with E-state index >= 15 is 0 Å². The summed E-state index contributed by atoms with van der Waals surface area (Å²) in [4.78, 5) is 0. The average Bonchev–Trinajstić information content (AvgIpc) is 2.16. The van der Waals surface area contributed by atoms with Crippen LogP contribution in [0, 0.1) is 5.92 Å². The molecule has 0 fully saturated rings. The SMILES string of the molecule is CC(C)COCC(O)CNCC(O)C(F)F. The van der Waals surface area contributed by atoms with Crippen LogP contribution in [0.1, 0.15) is 13.8 Å². The number of hydrogen-bond acceptors (Lipinski definition) is 4. The van der Waals surface area contributed by atoms with E-state index in [1.165, 1.54) is 0 Å². The number of rotatable bonds is 9. The molecule has 0 heterocycles. The topological polar surface area (TPSA) is 61.7 Å². The van der Waals surface area contributed by atoms with Crippen LogP contribution in [-0.4, -0.2) is 55.1 Å². The minimum atomic E-state index is -2.76. The fraction of sp³-hybridized carbons (Fsp3) is 1.00. The van der Waals surface area contributed by atoms with Gasteiger partial charge in [-0.25, -0.2) is 8.78 Å². The van der Waals surface area contributed by atoms with Gasteiger partial charge >= 0.3 is 0 Å². The third kappa shape index (κ3) is 8.96. The lowest BCUT2D eigenvalue weighted by Gasteiger charge is -2.15. The van der Waals surface area contributed by atoms with Crippen molar-refractivity contribution in [2.45, 2.75) is 32.5 Å². The molecule has 0 rings (SSSR count). The molecule has 0 aliphatic heterocycles. The molecule has 98 valence electrons. The molecule has 0 aliphatic rings. The summed E-state index contributed by atoms with van der Waals surface area (Å²) in [6.45, 7) is 4.58. The lowest BCUT2D eigenvalue weighted by Crippen LogP contribution is -2.37. The third-order valence-corrected chi connectivity index (χ3v) is 1.79. The Hall–Kier alpha value is -0.300. The summed E-state index contributed by atoms with van der Waals surface area (Å²) in [7, 11) is 0. The number of aliphatic hydroxyl groups excluding tert-OH is 2. The average molecular weight is 241 g/mol. The Kier molecular flexibility index (Phi) is 8.64. The smallest absolute Gasteiger partial charge is 0.265 e. The summed E-state index contributed by atoms with van der Waals surface area (Å²) >= 11 is 0. The molecule has 0 aromatic heterocycles. The Labute approximate surface area is 94.6 Å². The molecule has 0 amide bonds. The minimum Gasteiger partial charge on any atom is -0.389 e. The van der Waals surface area contributed by atoms with Crippen molar-refractivity contribution in [1.82, 2.24) is 5.32 Å². The molecule has 0 aliphatic carbocycles. The summed E-state index contributed by atoms with van der Waals surface area (Å²) in [6.07, 6.45) is -5.20. The van der Waals surface area contributed by atoms with Gasteiger partial charge in [-0.2, -0.15) is 0 Å². The summed E-state index contributed by atoms with van der Waals surface area (Å²) in [6, 6.07) is 0. The lowest BCUT2D eigenvalue weighted by atomic mass is 10.2. The van der Waals surface area contributed by atoms with Crippen LogP contribution in [0.2, 0.25) is 0 Å². The second-order valence-corrected chi connectivity index (χ2v) is 4.15. The van der Waals surface area contributed by atoms with Gasteiger partial charge in [-0.3, -0.25) is 0 Å². The monoisotopic (exact) mass is 241 g/mol. The quantitative estimate of drug-likeness (QED) is 0.541. The van der Waals surface area contributed by atoms with Gasteiger partial charge < -0.3 is 20.3 Å². The van der Waals surface area contributed by atoms with Crippen molar-refractivity contribution in [2.24, 2.45) is 5.92 Å². The predicted octanol–water partition coefficient (Wildman–Crippen LogP) is 0.236. The van der Waals surface area contributed by atoms with E-state index in [2.05, 4.69) is 5.32 Å². The minimum absolute atomic E-state index is 0.127. The van der Waals surface area contributed by atoms with E-state index in [9.17, 15) is 13.9 Å². The van der Waals surface area contributed by atoms with E-state index < -0.39 is 18.6 Å². The maximum absolute atomic E-state index is 11.9. The Bertz CT molecular complexity index is 170. The van der Waals surface area contributed by atoms with Crippen molar-refractivity contribution >= 4 is 0 Å². The first-order valence-corrected chi connectivity index (χ1v) is 5.36. The molecule has 0 spiro atoms. The zero-order chi connectivity index (χ0) is 12.6. The van der Waals surface area contributed by atoms with Gasteiger partial charge in [0.1, 0.15) is 6.10 Å². The van der Waals surface area contributed by atoms with Crippen LogP contribution in [0.15, 0.2) is 0 Å². The van der Waals surface area contributed by atoms with Gasteiger partial charge in [0, 0.05) is 19.7 Å². The Morgan fingerprint density at radius 3 is 2.25 bits per heavy atom. The van der Waals surface area contributed by atoms with Crippen molar-refractivity contribution in [1.29, 1.82) is 0 Å². The van der Waals surface area contributed by atoms with Gasteiger partial charge in [0.2, 0.25) is 0 Å². The Balaban J connectivity index is 3.40. The molecule has 0 saturated heterocycles. The number of alkyl halides is 2. The normalized spacial score (nSPS) is 15.8. The number of nitrogens with one attached hydrogen (secondary N) is 1. The van der Waals surface area contributed by atoms with E-state index in [-0.39, 0.29) is 19.7 Å². The molecule has 6 heteroatoms. The third-order valence-electron chi connectivity index (χ3n) is 1.79. The molecular weight excluding hydrogens is 220 g/mol. The number of hydrogen-bond donors (Lipinski definition) is 3. The first-order chi connectivity index (χ1) is 7.43. The van der Waals surface area contributed by atoms with Crippen molar-refractivity contribution < 1.29 is 23.7 Å². The van der Waals surface area contributed by atoms with E-state index in [4.69, 9.17) is 9.84 Å². The van der Waals surface area contributed by atoms with Crippen LogP contribution in [0.5, 0.6) is 0 Å². The maximum atomic E-state index is 11.9. The maximum Gasteiger partial charge on any atom is 0.265 e. The largest absolute Gasteiger partial charge is 0.389 e. The Morgan fingerprint density at radius 1 is 1.12 bits per heavy atom. The first-order valence-electron chi connectivity index (χ1n) is 5.36. The first kappa shape index (κ1) is 15.7. The zero-order valence-electron chi connectivity index (χ0n) is 9.70. The second kappa shape index (κ2) is 8.81. The lowest BCUT2D eigenvalue weighted by molar-refractivity contribution is -0.00829. The van der Waals surface area contributed by atoms with Crippen molar-refractivity contribution in [3.8, 4) is 0 Å². The zero-order valence-corrected chi connectivity index (χ0v) is 9.70. The summed E-state index contributed by atoms with van der Waals surface area (Å²) in [5.41, 5.74) is 0. The highest BCUT2D eigenvalue weighted by Gasteiger charge is 2.16. The fourth-order valence-electron chi connectivity index (χ4n) is 0.986. The molecule has 0 aromatic rings.